The number of nitrogens with zero attached hydrogens (tertiary/aromatic N) is 4. The lowest BCUT2D eigenvalue weighted by Gasteiger charge is -2.24. The molecule has 4 N–H and O–H groups in total. The maximum absolute atomic E-state index is 12.3. The predicted molar refractivity (Wildman–Crippen MR) is 124 cm³/mol. The molecule has 32 heavy (non-hydrogen) atoms. The SMILES string of the molecule is CCn1cc(C)c(-c2ccc(OCc3c(OC)cccc3N(N)C(=O)N(C)N)c(C)c2)n1. The second-order valence-corrected chi connectivity index (χ2v) is 7.51. The second-order valence-electron chi connectivity index (χ2n) is 7.51. The van der Waals surface area contributed by atoms with Crippen molar-refractivity contribution in [1.29, 1.82) is 0 Å². The molecule has 3 aromatic rings. The lowest BCUT2D eigenvalue weighted by molar-refractivity contribution is 0.216. The van der Waals surface area contributed by atoms with Gasteiger partial charge in [0.1, 0.15) is 18.1 Å². The van der Waals surface area contributed by atoms with Crippen LogP contribution in [-0.2, 0) is 13.2 Å². The van der Waals surface area contributed by atoms with Gasteiger partial charge < -0.3 is 9.47 Å². The van der Waals surface area contributed by atoms with Crippen molar-refractivity contribution in [3.8, 4) is 22.8 Å². The zero-order valence-electron chi connectivity index (χ0n) is 19.1. The number of amides is 2. The van der Waals surface area contributed by atoms with Crippen molar-refractivity contribution >= 4 is 11.7 Å². The molecule has 0 bridgehead atoms. The largest absolute Gasteiger partial charge is 0.496 e. The first-order valence-corrected chi connectivity index (χ1v) is 10.3. The Kier molecular flexibility index (Phi) is 7.01. The first-order chi connectivity index (χ1) is 15.3. The van der Waals surface area contributed by atoms with E-state index in [4.69, 9.17) is 21.2 Å². The van der Waals surface area contributed by atoms with E-state index in [1.807, 2.05) is 29.9 Å². The quantitative estimate of drug-likeness (QED) is 0.332. The Balaban J connectivity index is 1.86. The maximum atomic E-state index is 12.3. The van der Waals surface area contributed by atoms with E-state index in [0.717, 1.165) is 38.9 Å². The number of carbonyl (C=O) groups excluding carboxylic acids is 1. The predicted octanol–water partition coefficient (Wildman–Crippen LogP) is 3.38. The van der Waals surface area contributed by atoms with Crippen molar-refractivity contribution in [3.05, 3.63) is 59.3 Å². The van der Waals surface area contributed by atoms with Gasteiger partial charge in [0, 0.05) is 25.4 Å². The topological polar surface area (TPSA) is 112 Å². The van der Waals surface area contributed by atoms with Crippen LogP contribution < -0.4 is 26.2 Å². The number of carbonyl (C=O) groups is 1. The molecule has 0 unspecified atom stereocenters. The number of aromatic nitrogens is 2. The van der Waals surface area contributed by atoms with E-state index in [2.05, 4.69) is 25.0 Å². The highest BCUT2D eigenvalue weighted by Crippen LogP contribution is 2.32. The molecular weight excluding hydrogens is 408 g/mol. The molecule has 0 saturated heterocycles. The summed E-state index contributed by atoms with van der Waals surface area (Å²) in [5, 5.41) is 6.53. The van der Waals surface area contributed by atoms with Crippen LogP contribution in [0, 0.1) is 13.8 Å². The van der Waals surface area contributed by atoms with E-state index in [1.165, 1.54) is 7.05 Å². The highest BCUT2D eigenvalue weighted by atomic mass is 16.5. The van der Waals surface area contributed by atoms with Gasteiger partial charge in [-0.15, -0.1) is 0 Å². The fourth-order valence-corrected chi connectivity index (χ4v) is 3.47. The number of hydrogen-bond donors (Lipinski definition) is 2. The lowest BCUT2D eigenvalue weighted by Crippen LogP contribution is -2.49. The van der Waals surface area contributed by atoms with Gasteiger partial charge in [-0.3, -0.25) is 9.69 Å². The van der Waals surface area contributed by atoms with E-state index in [9.17, 15) is 4.79 Å². The molecule has 0 aliphatic carbocycles. The molecule has 0 radical (unpaired) electrons. The van der Waals surface area contributed by atoms with Gasteiger partial charge in [-0.05, 0) is 62.2 Å². The number of hydrogen-bond acceptors (Lipinski definition) is 6. The van der Waals surface area contributed by atoms with Crippen LogP contribution in [0.5, 0.6) is 11.5 Å². The minimum atomic E-state index is -0.568. The van der Waals surface area contributed by atoms with E-state index in [0.29, 0.717) is 22.7 Å². The van der Waals surface area contributed by atoms with Gasteiger partial charge >= 0.3 is 6.03 Å². The number of nitrogens with two attached hydrogens (primary N) is 2. The Hall–Kier alpha value is -3.56. The normalized spacial score (nSPS) is 10.7. The minimum absolute atomic E-state index is 0.151. The van der Waals surface area contributed by atoms with Crippen LogP contribution >= 0.6 is 0 Å². The van der Waals surface area contributed by atoms with E-state index in [1.54, 1.807) is 25.3 Å². The summed E-state index contributed by atoms with van der Waals surface area (Å²) in [5.41, 5.74) is 5.15. The second kappa shape index (κ2) is 9.71. The summed E-state index contributed by atoms with van der Waals surface area (Å²) < 4.78 is 13.5. The van der Waals surface area contributed by atoms with Crippen molar-refractivity contribution in [2.24, 2.45) is 11.7 Å². The average molecular weight is 439 g/mol. The fraction of sp³-hybridized carbons (Fsp3) is 0.304. The van der Waals surface area contributed by atoms with E-state index < -0.39 is 6.03 Å². The van der Waals surface area contributed by atoms with Crippen LogP contribution in [0.4, 0.5) is 10.5 Å². The average Bonchev–Trinajstić information content (AvgIpc) is 3.17. The highest BCUT2D eigenvalue weighted by molar-refractivity contribution is 5.91. The lowest BCUT2D eigenvalue weighted by atomic mass is 10.1. The molecule has 2 aromatic carbocycles. The molecule has 0 saturated carbocycles. The number of benzene rings is 2. The van der Waals surface area contributed by atoms with Gasteiger partial charge in [0.15, 0.2) is 0 Å². The molecule has 2 amide bonds. The molecule has 1 aromatic heterocycles. The third-order valence-electron chi connectivity index (χ3n) is 5.18. The summed E-state index contributed by atoms with van der Waals surface area (Å²) in [5.74, 6) is 12.8. The highest BCUT2D eigenvalue weighted by Gasteiger charge is 2.21. The van der Waals surface area contributed by atoms with Crippen molar-refractivity contribution in [3.63, 3.8) is 0 Å². The van der Waals surface area contributed by atoms with Gasteiger partial charge in [-0.1, -0.05) is 6.07 Å². The molecule has 0 aliphatic rings. The maximum Gasteiger partial charge on any atom is 0.352 e. The van der Waals surface area contributed by atoms with Crippen molar-refractivity contribution < 1.29 is 14.3 Å². The van der Waals surface area contributed by atoms with Crippen LogP contribution in [0.15, 0.2) is 42.6 Å². The van der Waals surface area contributed by atoms with Crippen LogP contribution in [0.2, 0.25) is 0 Å². The fourth-order valence-electron chi connectivity index (χ4n) is 3.47. The molecule has 1 heterocycles. The molecule has 3 rings (SSSR count). The van der Waals surface area contributed by atoms with Crippen molar-refractivity contribution in [2.75, 3.05) is 19.2 Å². The minimum Gasteiger partial charge on any atom is -0.496 e. The molecular formula is C23H30N6O3. The Morgan fingerprint density at radius 2 is 1.88 bits per heavy atom. The third kappa shape index (κ3) is 4.68. The van der Waals surface area contributed by atoms with Crippen LogP contribution in [0.1, 0.15) is 23.6 Å². The Morgan fingerprint density at radius 1 is 1.12 bits per heavy atom. The molecule has 0 aliphatic heterocycles. The summed E-state index contributed by atoms with van der Waals surface area (Å²) in [7, 11) is 2.98. The summed E-state index contributed by atoms with van der Waals surface area (Å²) in [6, 6.07) is 10.6. The first-order valence-electron chi connectivity index (χ1n) is 10.3. The van der Waals surface area contributed by atoms with Gasteiger partial charge in [0.25, 0.3) is 0 Å². The summed E-state index contributed by atoms with van der Waals surface area (Å²) in [6.07, 6.45) is 2.04. The molecule has 9 heteroatoms. The zero-order chi connectivity index (χ0) is 23.4. The molecule has 0 fully saturated rings. The molecule has 9 nitrogen and oxygen atoms in total. The smallest absolute Gasteiger partial charge is 0.352 e. The Morgan fingerprint density at radius 3 is 2.47 bits per heavy atom. The molecule has 0 atom stereocenters. The van der Waals surface area contributed by atoms with Crippen molar-refractivity contribution in [2.45, 2.75) is 33.9 Å². The summed E-state index contributed by atoms with van der Waals surface area (Å²) in [6.45, 7) is 7.07. The Bertz CT molecular complexity index is 1110. The number of rotatable bonds is 7. The summed E-state index contributed by atoms with van der Waals surface area (Å²) in [4.78, 5) is 12.3. The van der Waals surface area contributed by atoms with Gasteiger partial charge in [-0.2, -0.15) is 5.10 Å². The first kappa shape index (κ1) is 23.1. The Labute approximate surface area is 188 Å². The number of anilines is 1. The molecule has 170 valence electrons. The number of ether oxygens (including phenoxy) is 2. The van der Waals surface area contributed by atoms with Crippen molar-refractivity contribution in [1.82, 2.24) is 14.8 Å². The van der Waals surface area contributed by atoms with Gasteiger partial charge in [0.2, 0.25) is 0 Å². The number of methoxy groups -OCH3 is 1. The van der Waals surface area contributed by atoms with E-state index >= 15 is 0 Å². The summed E-state index contributed by atoms with van der Waals surface area (Å²) >= 11 is 0. The monoisotopic (exact) mass is 438 g/mol. The van der Waals surface area contributed by atoms with Crippen LogP contribution in [-0.4, -0.2) is 35.0 Å². The number of aryl methyl sites for hydroxylation is 3. The van der Waals surface area contributed by atoms with Crippen LogP contribution in [0.25, 0.3) is 11.3 Å². The standard InChI is InChI=1S/C23H30N6O3/c1-6-28-13-16(3)22(26-28)17-10-11-20(15(2)12-17)32-14-18-19(8-7-9-21(18)31-5)29(25)23(30)27(4)24/h7-13H,6,14,24-25H2,1-5H3. The van der Waals surface area contributed by atoms with E-state index in [-0.39, 0.29) is 6.61 Å². The number of urea groups is 1. The van der Waals surface area contributed by atoms with Gasteiger partial charge in [0.05, 0.1) is 24.1 Å². The van der Waals surface area contributed by atoms with Gasteiger partial charge in [-0.25, -0.2) is 21.5 Å². The molecule has 0 spiro atoms. The van der Waals surface area contributed by atoms with Crippen LogP contribution in [0.3, 0.4) is 0 Å². The third-order valence-corrected chi connectivity index (χ3v) is 5.18. The number of hydrazine groups is 2. The zero-order valence-corrected chi connectivity index (χ0v) is 19.1.